The Balaban J connectivity index is 1.93. The van der Waals surface area contributed by atoms with Gasteiger partial charge in [0.05, 0.1) is 4.92 Å². The van der Waals surface area contributed by atoms with Gasteiger partial charge < -0.3 is 10.6 Å². The summed E-state index contributed by atoms with van der Waals surface area (Å²) in [6.07, 6.45) is 6.45. The molecule has 2 rings (SSSR count). The van der Waals surface area contributed by atoms with Crippen LogP contribution in [0, 0.1) is 22.0 Å². The van der Waals surface area contributed by atoms with Gasteiger partial charge in [0.2, 0.25) is 0 Å². The molecule has 5 heteroatoms. The third kappa shape index (κ3) is 4.34. The Hall–Kier alpha value is -1.78. The number of rotatable bonds is 6. The van der Waals surface area contributed by atoms with Crippen LogP contribution in [-0.2, 0) is 0 Å². The molecule has 0 radical (unpaired) electrons. The molecule has 0 bridgehead atoms. The minimum Gasteiger partial charge on any atom is -0.388 e. The highest BCUT2D eigenvalue weighted by molar-refractivity contribution is 5.63. The third-order valence-electron chi connectivity index (χ3n) is 4.56. The number of hydrogen-bond acceptors (Lipinski definition) is 4. The zero-order valence-electron chi connectivity index (χ0n) is 12.9. The summed E-state index contributed by atoms with van der Waals surface area (Å²) in [6, 6.07) is 5.08. The van der Waals surface area contributed by atoms with E-state index in [1.807, 2.05) is 6.07 Å². The first kappa shape index (κ1) is 15.6. The molecular weight excluding hydrogens is 266 g/mol. The van der Waals surface area contributed by atoms with Crippen LogP contribution < -0.4 is 10.6 Å². The van der Waals surface area contributed by atoms with Crippen molar-refractivity contribution < 1.29 is 4.92 Å². The number of non-ortho nitro benzene ring substituents is 1. The molecule has 0 atom stereocenters. The van der Waals surface area contributed by atoms with E-state index in [1.54, 1.807) is 19.2 Å². The molecule has 0 saturated heterocycles. The lowest BCUT2D eigenvalue weighted by Gasteiger charge is -2.28. The van der Waals surface area contributed by atoms with Gasteiger partial charge in [0.1, 0.15) is 0 Å². The van der Waals surface area contributed by atoms with E-state index in [1.165, 1.54) is 32.1 Å². The Morgan fingerprint density at radius 3 is 2.33 bits per heavy atom. The fraction of sp³-hybridized carbons (Fsp3) is 0.625. The van der Waals surface area contributed by atoms with Crippen LogP contribution in [0.1, 0.15) is 39.0 Å². The Labute approximate surface area is 126 Å². The number of nitrogens with zero attached hydrogens (tertiary/aromatic N) is 1. The van der Waals surface area contributed by atoms with Crippen LogP contribution in [0.15, 0.2) is 18.2 Å². The van der Waals surface area contributed by atoms with Crippen LogP contribution in [-0.4, -0.2) is 18.5 Å². The van der Waals surface area contributed by atoms with Crippen molar-refractivity contribution in [1.82, 2.24) is 0 Å². The van der Waals surface area contributed by atoms with Gasteiger partial charge in [-0.2, -0.15) is 0 Å². The summed E-state index contributed by atoms with van der Waals surface area (Å²) >= 11 is 0. The second kappa shape index (κ2) is 7.29. The summed E-state index contributed by atoms with van der Waals surface area (Å²) in [7, 11) is 1.77. The molecule has 116 valence electrons. The van der Waals surface area contributed by atoms with Crippen LogP contribution in [0.5, 0.6) is 0 Å². The zero-order chi connectivity index (χ0) is 15.2. The number of nitro groups is 1. The van der Waals surface area contributed by atoms with E-state index in [4.69, 9.17) is 0 Å². The van der Waals surface area contributed by atoms with E-state index in [0.717, 1.165) is 23.8 Å². The van der Waals surface area contributed by atoms with Crippen molar-refractivity contribution in [1.29, 1.82) is 0 Å². The maximum atomic E-state index is 10.9. The molecule has 0 aromatic heterocycles. The predicted molar refractivity (Wildman–Crippen MR) is 86.9 cm³/mol. The van der Waals surface area contributed by atoms with Crippen LogP contribution in [0.2, 0.25) is 0 Å². The van der Waals surface area contributed by atoms with Crippen molar-refractivity contribution in [2.75, 3.05) is 24.2 Å². The topological polar surface area (TPSA) is 67.2 Å². The fourth-order valence-electron chi connectivity index (χ4n) is 3.07. The number of nitrogens with one attached hydrogen (secondary N) is 2. The largest absolute Gasteiger partial charge is 0.388 e. The van der Waals surface area contributed by atoms with E-state index in [0.29, 0.717) is 5.92 Å². The highest BCUT2D eigenvalue weighted by Gasteiger charge is 2.20. The van der Waals surface area contributed by atoms with E-state index >= 15 is 0 Å². The molecule has 1 aromatic carbocycles. The van der Waals surface area contributed by atoms with Gasteiger partial charge in [0, 0.05) is 37.1 Å². The fourth-order valence-corrected chi connectivity index (χ4v) is 3.07. The van der Waals surface area contributed by atoms with Gasteiger partial charge in [-0.25, -0.2) is 0 Å². The van der Waals surface area contributed by atoms with Crippen LogP contribution in [0.3, 0.4) is 0 Å². The summed E-state index contributed by atoms with van der Waals surface area (Å²) in [4.78, 5) is 10.6. The maximum absolute atomic E-state index is 10.9. The Bertz CT molecular complexity index is 482. The lowest BCUT2D eigenvalue weighted by molar-refractivity contribution is -0.384. The van der Waals surface area contributed by atoms with Gasteiger partial charge >= 0.3 is 0 Å². The predicted octanol–water partition coefficient (Wildman–Crippen LogP) is 4.26. The summed E-state index contributed by atoms with van der Waals surface area (Å²) in [6.45, 7) is 3.17. The smallest absolute Gasteiger partial charge is 0.273 e. The minimum absolute atomic E-state index is 0.124. The standard InChI is InChI=1S/C16H25N3O2/c1-3-12-4-6-13(7-5-12)11-18-15-8-14(17-2)9-16(10-15)19(20)21/h8-10,12-13,17-18H,3-7,11H2,1-2H3. The average molecular weight is 291 g/mol. The van der Waals surface area contributed by atoms with Gasteiger partial charge in [0.15, 0.2) is 0 Å². The summed E-state index contributed by atoms with van der Waals surface area (Å²) in [5.41, 5.74) is 1.71. The third-order valence-corrected chi connectivity index (χ3v) is 4.56. The highest BCUT2D eigenvalue weighted by atomic mass is 16.6. The van der Waals surface area contributed by atoms with Crippen LogP contribution in [0.25, 0.3) is 0 Å². The first-order chi connectivity index (χ1) is 10.1. The van der Waals surface area contributed by atoms with Gasteiger partial charge in [-0.1, -0.05) is 26.2 Å². The Kier molecular flexibility index (Phi) is 5.42. The van der Waals surface area contributed by atoms with Crippen molar-refractivity contribution >= 4 is 17.1 Å². The lowest BCUT2D eigenvalue weighted by atomic mass is 9.81. The molecule has 1 fully saturated rings. The molecule has 0 spiro atoms. The molecule has 2 N–H and O–H groups in total. The maximum Gasteiger partial charge on any atom is 0.273 e. The molecule has 0 amide bonds. The van der Waals surface area contributed by atoms with Gasteiger partial charge in [-0.05, 0) is 30.7 Å². The Morgan fingerprint density at radius 2 is 1.76 bits per heavy atom. The number of hydrogen-bond donors (Lipinski definition) is 2. The van der Waals surface area contributed by atoms with E-state index in [2.05, 4.69) is 17.6 Å². The number of anilines is 2. The normalized spacial score (nSPS) is 21.8. The van der Waals surface area contributed by atoms with Crippen molar-refractivity contribution in [2.24, 2.45) is 11.8 Å². The van der Waals surface area contributed by atoms with Gasteiger partial charge in [-0.3, -0.25) is 10.1 Å². The van der Waals surface area contributed by atoms with Crippen molar-refractivity contribution in [3.05, 3.63) is 28.3 Å². The summed E-state index contributed by atoms with van der Waals surface area (Å²) in [5.74, 6) is 1.58. The van der Waals surface area contributed by atoms with Crippen molar-refractivity contribution in [3.63, 3.8) is 0 Å². The molecule has 5 nitrogen and oxygen atoms in total. The quantitative estimate of drug-likeness (QED) is 0.607. The molecule has 21 heavy (non-hydrogen) atoms. The molecule has 1 aliphatic carbocycles. The molecule has 1 saturated carbocycles. The zero-order valence-corrected chi connectivity index (χ0v) is 12.9. The van der Waals surface area contributed by atoms with Gasteiger partial charge in [0.25, 0.3) is 5.69 Å². The number of benzene rings is 1. The Morgan fingerprint density at radius 1 is 1.14 bits per heavy atom. The highest BCUT2D eigenvalue weighted by Crippen LogP contribution is 2.31. The molecule has 0 aliphatic heterocycles. The molecule has 1 aromatic rings. The molecule has 1 aliphatic rings. The van der Waals surface area contributed by atoms with Gasteiger partial charge in [-0.15, -0.1) is 0 Å². The first-order valence-electron chi connectivity index (χ1n) is 7.83. The molecule has 0 unspecified atom stereocenters. The van der Waals surface area contributed by atoms with Crippen LogP contribution in [0.4, 0.5) is 17.1 Å². The van der Waals surface area contributed by atoms with E-state index in [9.17, 15) is 10.1 Å². The first-order valence-corrected chi connectivity index (χ1v) is 7.83. The second-order valence-corrected chi connectivity index (χ2v) is 5.95. The SMILES string of the molecule is CCC1CCC(CNc2cc(NC)cc([N+](=O)[O-])c2)CC1. The molecule has 0 heterocycles. The van der Waals surface area contributed by atoms with E-state index < -0.39 is 0 Å². The minimum atomic E-state index is -0.349. The summed E-state index contributed by atoms with van der Waals surface area (Å²) in [5, 5.41) is 17.3. The average Bonchev–Trinajstić information content (AvgIpc) is 2.53. The van der Waals surface area contributed by atoms with Crippen molar-refractivity contribution in [2.45, 2.75) is 39.0 Å². The van der Waals surface area contributed by atoms with Crippen LogP contribution >= 0.6 is 0 Å². The van der Waals surface area contributed by atoms with E-state index in [-0.39, 0.29) is 10.6 Å². The second-order valence-electron chi connectivity index (χ2n) is 5.95. The number of nitro benzene ring substituents is 1. The van der Waals surface area contributed by atoms with Crippen molar-refractivity contribution in [3.8, 4) is 0 Å². The summed E-state index contributed by atoms with van der Waals surface area (Å²) < 4.78 is 0. The lowest BCUT2D eigenvalue weighted by Crippen LogP contribution is -2.21. The monoisotopic (exact) mass is 291 g/mol. The molecular formula is C16H25N3O2.